The number of methoxy groups -OCH3 is 1. The summed E-state index contributed by atoms with van der Waals surface area (Å²) in [6, 6.07) is 1.65. The molecule has 1 aromatic rings. The average molecular weight is 198 g/mol. The number of rotatable bonds is 4. The van der Waals surface area contributed by atoms with Crippen molar-refractivity contribution in [3.63, 3.8) is 0 Å². The van der Waals surface area contributed by atoms with E-state index in [9.17, 15) is 4.79 Å². The van der Waals surface area contributed by atoms with E-state index in [1.54, 1.807) is 13.0 Å². The van der Waals surface area contributed by atoms with Crippen molar-refractivity contribution < 1.29 is 18.7 Å². The normalized spacial score (nSPS) is 9.93. The van der Waals surface area contributed by atoms with E-state index >= 15 is 0 Å². The van der Waals surface area contributed by atoms with Crippen molar-refractivity contribution in [2.75, 3.05) is 13.7 Å². The van der Waals surface area contributed by atoms with Crippen LogP contribution in [0.15, 0.2) is 10.5 Å². The maximum Gasteiger partial charge on any atom is 0.374 e. The van der Waals surface area contributed by atoms with Crippen LogP contribution in [-0.4, -0.2) is 19.7 Å². The Labute approximate surface area is 82.8 Å². The van der Waals surface area contributed by atoms with Crippen LogP contribution in [0.3, 0.4) is 0 Å². The Morgan fingerprint density at radius 1 is 1.50 bits per heavy atom. The molecule has 0 bridgehead atoms. The van der Waals surface area contributed by atoms with Gasteiger partial charge in [0.05, 0.1) is 13.7 Å². The lowest BCUT2D eigenvalue weighted by atomic mass is 10.2. The van der Waals surface area contributed by atoms with E-state index in [4.69, 9.17) is 13.9 Å². The maximum atomic E-state index is 11.3. The highest BCUT2D eigenvalue weighted by Crippen LogP contribution is 2.24. The summed E-state index contributed by atoms with van der Waals surface area (Å²) in [5.74, 6) is 0.126. The Morgan fingerprint density at radius 3 is 2.64 bits per heavy atom. The van der Waals surface area contributed by atoms with Crippen molar-refractivity contribution >= 4 is 5.97 Å². The molecular weight excluding hydrogens is 184 g/mol. The van der Waals surface area contributed by atoms with E-state index in [1.165, 1.54) is 7.11 Å². The molecule has 0 aliphatic carbocycles. The molecule has 14 heavy (non-hydrogen) atoms. The van der Waals surface area contributed by atoms with Crippen LogP contribution in [0.2, 0.25) is 0 Å². The van der Waals surface area contributed by atoms with Crippen molar-refractivity contribution in [2.24, 2.45) is 0 Å². The Balaban J connectivity index is 2.88. The summed E-state index contributed by atoms with van der Waals surface area (Å²) in [5.41, 5.74) is 0.871. The number of carbonyl (C=O) groups is 1. The van der Waals surface area contributed by atoms with Crippen LogP contribution in [0.1, 0.15) is 30.0 Å². The standard InChI is InChI=1S/C10H14O4/c1-4-7-6-8(9(11)13-5-2)14-10(7)12-3/h6H,4-5H2,1-3H3. The first-order valence-electron chi connectivity index (χ1n) is 4.56. The minimum atomic E-state index is -0.453. The average Bonchev–Trinajstić information content (AvgIpc) is 2.61. The van der Waals surface area contributed by atoms with Crippen molar-refractivity contribution in [2.45, 2.75) is 20.3 Å². The van der Waals surface area contributed by atoms with Gasteiger partial charge in [-0.25, -0.2) is 4.79 Å². The lowest BCUT2D eigenvalue weighted by Gasteiger charge is -1.96. The first-order chi connectivity index (χ1) is 6.72. The lowest BCUT2D eigenvalue weighted by Crippen LogP contribution is -2.02. The molecule has 0 fully saturated rings. The second kappa shape index (κ2) is 4.69. The van der Waals surface area contributed by atoms with E-state index in [2.05, 4.69) is 0 Å². The van der Waals surface area contributed by atoms with Crippen LogP contribution in [0.5, 0.6) is 5.95 Å². The molecule has 4 heteroatoms. The molecule has 78 valence electrons. The first kappa shape index (κ1) is 10.6. The van der Waals surface area contributed by atoms with Gasteiger partial charge >= 0.3 is 5.97 Å². The number of hydrogen-bond donors (Lipinski definition) is 0. The minimum Gasteiger partial charge on any atom is -0.468 e. The van der Waals surface area contributed by atoms with Crippen LogP contribution in [0.25, 0.3) is 0 Å². The zero-order valence-electron chi connectivity index (χ0n) is 8.62. The monoisotopic (exact) mass is 198 g/mol. The van der Waals surface area contributed by atoms with Crippen LogP contribution in [0.4, 0.5) is 0 Å². The highest BCUT2D eigenvalue weighted by atomic mass is 16.6. The van der Waals surface area contributed by atoms with Crippen molar-refractivity contribution in [3.8, 4) is 5.95 Å². The van der Waals surface area contributed by atoms with E-state index in [0.717, 1.165) is 12.0 Å². The van der Waals surface area contributed by atoms with Gasteiger partial charge in [-0.2, -0.15) is 0 Å². The molecule has 0 aliphatic rings. The third-order valence-corrected chi connectivity index (χ3v) is 1.81. The fraction of sp³-hybridized carbons (Fsp3) is 0.500. The molecule has 0 unspecified atom stereocenters. The second-order valence-corrected chi connectivity index (χ2v) is 2.70. The number of esters is 1. The summed E-state index contributed by atoms with van der Waals surface area (Å²) in [6.07, 6.45) is 0.756. The Bertz CT molecular complexity index is 292. The van der Waals surface area contributed by atoms with Gasteiger partial charge < -0.3 is 13.9 Å². The highest BCUT2D eigenvalue weighted by molar-refractivity contribution is 5.86. The fourth-order valence-corrected chi connectivity index (χ4v) is 1.13. The first-order valence-corrected chi connectivity index (χ1v) is 4.56. The number of aryl methyl sites for hydroxylation is 1. The van der Waals surface area contributed by atoms with Gasteiger partial charge in [-0.1, -0.05) is 6.92 Å². The number of hydrogen-bond acceptors (Lipinski definition) is 4. The summed E-state index contributed by atoms with van der Waals surface area (Å²) in [6.45, 7) is 4.05. The maximum absolute atomic E-state index is 11.3. The van der Waals surface area contributed by atoms with Crippen molar-refractivity contribution in [3.05, 3.63) is 17.4 Å². The summed E-state index contributed by atoms with van der Waals surface area (Å²) in [4.78, 5) is 11.3. The van der Waals surface area contributed by atoms with Crippen molar-refractivity contribution in [1.82, 2.24) is 0 Å². The SMILES string of the molecule is CCOC(=O)c1cc(CC)c(OC)o1. The molecule has 4 nitrogen and oxygen atoms in total. The molecule has 0 N–H and O–H groups in total. The summed E-state index contributed by atoms with van der Waals surface area (Å²) in [5, 5.41) is 0. The third-order valence-electron chi connectivity index (χ3n) is 1.81. The third kappa shape index (κ3) is 2.07. The Hall–Kier alpha value is -1.45. The van der Waals surface area contributed by atoms with Crippen LogP contribution >= 0.6 is 0 Å². The summed E-state index contributed by atoms with van der Waals surface area (Å²) in [7, 11) is 1.51. The van der Waals surface area contributed by atoms with Gasteiger partial charge in [0, 0.05) is 5.56 Å². The molecule has 0 atom stereocenters. The molecule has 0 saturated heterocycles. The van der Waals surface area contributed by atoms with Gasteiger partial charge in [-0.15, -0.1) is 0 Å². The minimum absolute atomic E-state index is 0.195. The van der Waals surface area contributed by atoms with Gasteiger partial charge in [0.1, 0.15) is 0 Å². The van der Waals surface area contributed by atoms with E-state index < -0.39 is 5.97 Å². The summed E-state index contributed by atoms with van der Waals surface area (Å²) >= 11 is 0. The van der Waals surface area contributed by atoms with Crippen molar-refractivity contribution in [1.29, 1.82) is 0 Å². The van der Waals surface area contributed by atoms with Gasteiger partial charge in [0.15, 0.2) is 0 Å². The molecular formula is C10H14O4. The fourth-order valence-electron chi connectivity index (χ4n) is 1.13. The van der Waals surface area contributed by atoms with E-state index in [1.807, 2.05) is 6.92 Å². The van der Waals surface area contributed by atoms with Crippen LogP contribution < -0.4 is 4.74 Å². The molecule has 0 aliphatic heterocycles. The molecule has 0 amide bonds. The van der Waals surface area contributed by atoms with E-state index in [0.29, 0.717) is 12.6 Å². The number of ether oxygens (including phenoxy) is 2. The lowest BCUT2D eigenvalue weighted by molar-refractivity contribution is 0.0484. The van der Waals surface area contributed by atoms with Gasteiger partial charge in [-0.05, 0) is 19.4 Å². The number of furan rings is 1. The van der Waals surface area contributed by atoms with Gasteiger partial charge in [0.2, 0.25) is 5.76 Å². The summed E-state index contributed by atoms with van der Waals surface area (Å²) < 4.78 is 14.9. The number of carbonyl (C=O) groups excluding carboxylic acids is 1. The van der Waals surface area contributed by atoms with Crippen LogP contribution in [-0.2, 0) is 11.2 Å². The van der Waals surface area contributed by atoms with Gasteiger partial charge in [-0.3, -0.25) is 0 Å². The highest BCUT2D eigenvalue weighted by Gasteiger charge is 2.16. The molecule has 1 heterocycles. The molecule has 0 aromatic carbocycles. The Kier molecular flexibility index (Phi) is 3.56. The van der Waals surface area contributed by atoms with Crippen LogP contribution in [0, 0.1) is 0 Å². The molecule has 0 radical (unpaired) electrons. The zero-order valence-corrected chi connectivity index (χ0v) is 8.62. The van der Waals surface area contributed by atoms with E-state index in [-0.39, 0.29) is 5.76 Å². The molecule has 1 aromatic heterocycles. The predicted molar refractivity (Wildman–Crippen MR) is 50.6 cm³/mol. The second-order valence-electron chi connectivity index (χ2n) is 2.70. The molecule has 0 spiro atoms. The Morgan fingerprint density at radius 2 is 2.21 bits per heavy atom. The molecule has 0 saturated carbocycles. The largest absolute Gasteiger partial charge is 0.468 e. The molecule has 1 rings (SSSR count). The van der Waals surface area contributed by atoms with Gasteiger partial charge in [0.25, 0.3) is 5.95 Å². The predicted octanol–water partition coefficient (Wildman–Crippen LogP) is 2.03. The smallest absolute Gasteiger partial charge is 0.374 e. The zero-order chi connectivity index (χ0) is 10.6. The topological polar surface area (TPSA) is 48.7 Å². The quantitative estimate of drug-likeness (QED) is 0.694.